The van der Waals surface area contributed by atoms with Crippen molar-refractivity contribution in [1.29, 1.82) is 0 Å². The summed E-state index contributed by atoms with van der Waals surface area (Å²) >= 11 is 37.4. The van der Waals surface area contributed by atoms with Gasteiger partial charge in [0.1, 0.15) is 0 Å². The van der Waals surface area contributed by atoms with Gasteiger partial charge in [-0.15, -0.1) is 0 Å². The molecule has 0 spiro atoms. The highest BCUT2D eigenvalue weighted by atomic mass is 32.1. The molecule has 0 aromatic rings. The van der Waals surface area contributed by atoms with E-state index in [1.807, 2.05) is 0 Å². The zero-order valence-corrected chi connectivity index (χ0v) is 47.7. The van der Waals surface area contributed by atoms with Gasteiger partial charge in [0.25, 0.3) is 0 Å². The van der Waals surface area contributed by atoms with E-state index in [4.69, 9.17) is 0 Å². The molecule has 0 nitrogen and oxygen atoms in total. The van der Waals surface area contributed by atoms with Crippen LogP contribution in [-0.2, 0) is 0 Å². The second kappa shape index (κ2) is 34.5. The minimum absolute atomic E-state index is 1.05. The molecule has 0 aromatic carbocycles. The maximum Gasteiger partial charge on any atom is 0.0535 e. The third kappa shape index (κ3) is 28.2. The Labute approximate surface area is 383 Å². The van der Waals surface area contributed by atoms with Crippen molar-refractivity contribution < 1.29 is 0 Å². The van der Waals surface area contributed by atoms with Crippen molar-refractivity contribution in [2.75, 3.05) is 46.0 Å². The Morgan fingerprint density at radius 1 is 0.208 bits per heavy atom. The standard InChI is InChI=1S/C40H92S8Si5/c1-49(25-5-17-41,26-6-18-42)33-13-37-53(38-14-34-50(2,27-7-19-43)28-8-20-44,39-15-35-51(3,29-9-21-45)30-10-22-46)40-16-36-52(4,31-11-23-47)32-12-24-48/h41-48H,5-40H2,1-4H3. The van der Waals surface area contributed by atoms with Crippen molar-refractivity contribution in [1.82, 2.24) is 0 Å². The first kappa shape index (κ1) is 56.9. The second-order valence-corrected chi connectivity index (χ2v) is 47.8. The van der Waals surface area contributed by atoms with Crippen molar-refractivity contribution >= 4 is 141 Å². The van der Waals surface area contributed by atoms with E-state index < -0.39 is 40.4 Å². The number of hydrogen-bond acceptors (Lipinski definition) is 8. The average Bonchev–Trinajstić information content (AvgIpc) is 3.14. The van der Waals surface area contributed by atoms with Gasteiger partial charge in [0.15, 0.2) is 0 Å². The summed E-state index contributed by atoms with van der Waals surface area (Å²) in [5.74, 6) is 8.42. The fourth-order valence-corrected chi connectivity index (χ4v) is 35.5. The van der Waals surface area contributed by atoms with Crippen molar-refractivity contribution in [3.8, 4) is 0 Å². The summed E-state index contributed by atoms with van der Waals surface area (Å²) in [5, 5.41) is 0. The van der Waals surface area contributed by atoms with Crippen molar-refractivity contribution in [3.05, 3.63) is 0 Å². The Kier molecular flexibility index (Phi) is 37.0. The highest BCUT2D eigenvalue weighted by Crippen LogP contribution is 2.41. The molecule has 0 rings (SSSR count). The fourth-order valence-electron chi connectivity index (χ4n) is 9.86. The minimum atomic E-state index is -1.48. The normalized spacial score (nSPS) is 13.4. The molecular formula is C40H92S8Si5. The monoisotopic (exact) mass is 968 g/mol. The van der Waals surface area contributed by atoms with Crippen LogP contribution in [-0.4, -0.2) is 86.4 Å². The maximum absolute atomic E-state index is 4.67. The molecule has 0 bridgehead atoms. The van der Waals surface area contributed by atoms with Crippen LogP contribution in [0.5, 0.6) is 0 Å². The Hall–Kier alpha value is 3.88. The summed E-state index contributed by atoms with van der Waals surface area (Å²) in [6.45, 7) is 11.0. The Balaban J connectivity index is 6.59. The lowest BCUT2D eigenvalue weighted by Crippen LogP contribution is -2.39. The lowest BCUT2D eigenvalue weighted by atomic mass is 10.5. The van der Waals surface area contributed by atoms with Crippen LogP contribution in [0.15, 0.2) is 0 Å². The van der Waals surface area contributed by atoms with Gasteiger partial charge in [-0.25, -0.2) is 0 Å². The Morgan fingerprint density at radius 3 is 0.472 bits per heavy atom. The summed E-state index contributed by atoms with van der Waals surface area (Å²) in [6, 6.07) is 24.4. The molecule has 0 amide bonds. The molecule has 0 N–H and O–H groups in total. The predicted octanol–water partition coefficient (Wildman–Crippen LogP) is 15.9. The molecular weight excluding hydrogens is 877 g/mol. The number of rotatable bonds is 40. The van der Waals surface area contributed by atoms with E-state index in [9.17, 15) is 0 Å². The first-order valence-corrected chi connectivity index (χ1v) is 42.6. The van der Waals surface area contributed by atoms with Crippen LogP contribution in [0.2, 0.25) is 123 Å². The zero-order chi connectivity index (χ0) is 40.0. The molecule has 0 saturated heterocycles. The van der Waals surface area contributed by atoms with E-state index in [0.29, 0.717) is 0 Å². The molecule has 320 valence electrons. The quantitative estimate of drug-likeness (QED) is 0.0218. The first-order valence-electron chi connectivity index (χ1n) is 22.2. The lowest BCUT2D eigenvalue weighted by Gasteiger charge is -2.38. The second-order valence-electron chi connectivity index (χ2n) is 18.8. The van der Waals surface area contributed by atoms with Gasteiger partial charge in [-0.2, -0.15) is 101 Å². The topological polar surface area (TPSA) is 0 Å². The molecule has 0 aliphatic carbocycles. The van der Waals surface area contributed by atoms with E-state index in [2.05, 4.69) is 127 Å². The van der Waals surface area contributed by atoms with Crippen LogP contribution >= 0.6 is 101 Å². The van der Waals surface area contributed by atoms with Gasteiger partial charge in [0, 0.05) is 0 Å². The average molecular weight is 970 g/mol. The summed E-state index contributed by atoms with van der Waals surface area (Å²) in [4.78, 5) is 0. The van der Waals surface area contributed by atoms with E-state index >= 15 is 0 Å². The third-order valence-corrected chi connectivity index (χ3v) is 40.4. The fraction of sp³-hybridized carbons (Fsp3) is 1.00. The Bertz CT molecular complexity index is 677. The third-order valence-electron chi connectivity index (χ3n) is 13.5. The van der Waals surface area contributed by atoms with Gasteiger partial charge in [-0.05, 0) is 97.4 Å². The SMILES string of the molecule is C[Si](CCCS)(CCCS)CCC[Si](CCC[Si](C)(CCCS)CCCS)(CCC[Si](C)(CCCS)CCCS)CCC[Si](C)(CCCS)CCCS. The van der Waals surface area contributed by atoms with Gasteiger partial charge in [0.2, 0.25) is 0 Å². The molecule has 53 heavy (non-hydrogen) atoms. The van der Waals surface area contributed by atoms with Crippen LogP contribution < -0.4 is 0 Å². The van der Waals surface area contributed by atoms with Crippen LogP contribution in [0.3, 0.4) is 0 Å². The van der Waals surface area contributed by atoms with Crippen molar-refractivity contribution in [3.63, 3.8) is 0 Å². The molecule has 0 aromatic heterocycles. The van der Waals surface area contributed by atoms with E-state index in [1.54, 1.807) is 48.4 Å². The predicted molar refractivity (Wildman–Crippen MR) is 295 cm³/mol. The molecule has 0 aliphatic heterocycles. The molecule has 0 aliphatic rings. The Morgan fingerprint density at radius 2 is 0.340 bits per heavy atom. The van der Waals surface area contributed by atoms with Gasteiger partial charge >= 0.3 is 0 Å². The molecule has 0 atom stereocenters. The molecule has 13 heteroatoms. The zero-order valence-electron chi connectivity index (χ0n) is 35.5. The largest absolute Gasteiger partial charge is 0.179 e. The molecule has 0 heterocycles. The highest BCUT2D eigenvalue weighted by molar-refractivity contribution is 7.81. The molecule has 0 saturated carbocycles. The van der Waals surface area contributed by atoms with E-state index in [-0.39, 0.29) is 0 Å². The summed E-state index contributed by atoms with van der Waals surface area (Å²) in [6.07, 6.45) is 16.6. The van der Waals surface area contributed by atoms with Gasteiger partial charge in [-0.3, -0.25) is 0 Å². The maximum atomic E-state index is 4.67. The van der Waals surface area contributed by atoms with Crippen molar-refractivity contribution in [2.24, 2.45) is 0 Å². The summed E-state index contributed by atoms with van der Waals surface area (Å²) < 4.78 is 0. The molecule has 0 fully saturated rings. The first-order chi connectivity index (χ1) is 25.3. The van der Waals surface area contributed by atoms with E-state index in [1.165, 1.54) is 125 Å². The lowest BCUT2D eigenvalue weighted by molar-refractivity contribution is 0.839. The minimum Gasteiger partial charge on any atom is -0.179 e. The van der Waals surface area contributed by atoms with Crippen LogP contribution in [0.25, 0.3) is 0 Å². The van der Waals surface area contributed by atoms with Gasteiger partial charge in [-0.1, -0.05) is 149 Å². The number of thiol groups is 8. The smallest absolute Gasteiger partial charge is 0.0535 e. The van der Waals surface area contributed by atoms with Crippen LogP contribution in [0, 0.1) is 0 Å². The van der Waals surface area contributed by atoms with Crippen LogP contribution in [0.4, 0.5) is 0 Å². The van der Waals surface area contributed by atoms with Crippen LogP contribution in [0.1, 0.15) is 77.0 Å². The molecule has 0 unspecified atom stereocenters. The van der Waals surface area contributed by atoms with Gasteiger partial charge < -0.3 is 0 Å². The highest BCUT2D eigenvalue weighted by Gasteiger charge is 2.37. The summed E-state index contributed by atoms with van der Waals surface area (Å²) in [5.41, 5.74) is 0. The van der Waals surface area contributed by atoms with E-state index in [0.717, 1.165) is 46.0 Å². The summed E-state index contributed by atoms with van der Waals surface area (Å²) in [7, 11) is -6.53. The number of hydrogen-bond donors (Lipinski definition) is 8. The van der Waals surface area contributed by atoms with Crippen molar-refractivity contribution in [2.45, 2.75) is 200 Å². The molecule has 0 radical (unpaired) electrons. The van der Waals surface area contributed by atoms with Gasteiger partial charge in [0.05, 0.1) is 40.4 Å².